The number of amides is 8. The quantitative estimate of drug-likeness (QED) is 0.0105. The topological polar surface area (TPSA) is 297 Å². The Bertz CT molecular complexity index is 4470. The maximum atomic E-state index is 12.1. The lowest BCUT2D eigenvalue weighted by Gasteiger charge is -2.45. The number of hydrogen-bond donors (Lipinski definition) is 0. The van der Waals surface area contributed by atoms with Crippen LogP contribution < -0.4 is 0 Å². The summed E-state index contributed by atoms with van der Waals surface area (Å²) < 4.78 is 66.8. The van der Waals surface area contributed by atoms with E-state index in [0.717, 1.165) is 5.56 Å². The van der Waals surface area contributed by atoms with Crippen LogP contribution in [0.4, 0.5) is 5.69 Å². The van der Waals surface area contributed by atoms with Gasteiger partial charge in [0, 0.05) is 138 Å². The Hall–Kier alpha value is -6.98. The first kappa shape index (κ1) is 100. The molecule has 0 radical (unpaired) electrons. The van der Waals surface area contributed by atoms with E-state index in [9.17, 15) is 52.7 Å². The van der Waals surface area contributed by atoms with E-state index < -0.39 is 26.7 Å². The molecule has 1 unspecified atom stereocenters. The average molecular weight is 1840 g/mol. The first-order valence-corrected chi connectivity index (χ1v) is 49.1. The highest BCUT2D eigenvalue weighted by molar-refractivity contribution is 8.06. The number of non-ortho nitro benzene ring substituents is 1. The highest BCUT2D eigenvalue weighted by Crippen LogP contribution is 2.47. The molecule has 8 saturated heterocycles. The van der Waals surface area contributed by atoms with Gasteiger partial charge >= 0.3 is 0 Å². The Balaban J connectivity index is 0.000000190. The normalized spacial score (nSPS) is 27.0. The van der Waals surface area contributed by atoms with Gasteiger partial charge in [0.25, 0.3) is 52.9 Å². The molecule has 28 nitrogen and oxygen atoms in total. The van der Waals surface area contributed by atoms with Crippen molar-refractivity contribution in [2.24, 2.45) is 0 Å². The summed E-state index contributed by atoms with van der Waals surface area (Å²) >= 11 is 12.9. The maximum Gasteiger partial charge on any atom is 0.269 e. The van der Waals surface area contributed by atoms with Crippen molar-refractivity contribution in [2.75, 3.05) is 107 Å². The molecule has 10 heterocycles. The van der Waals surface area contributed by atoms with Gasteiger partial charge in [-0.05, 0) is 109 Å². The molecule has 1 aromatic heterocycles. The number of rotatable bonds is 24. The number of aryl methyl sites for hydroxylation is 3. The molecule has 652 valence electrons. The Labute approximate surface area is 742 Å². The number of methoxy groups -OCH3 is 8. The first-order valence-electron chi connectivity index (χ1n) is 37.0. The van der Waals surface area contributed by atoms with Crippen LogP contribution in [-0.2, 0) is 85.8 Å². The zero-order valence-electron chi connectivity index (χ0n) is 70.7. The number of nitro groups is 1. The number of ether oxygens (including phenoxy) is 8. The molecule has 120 heavy (non-hydrogen) atoms. The summed E-state index contributed by atoms with van der Waals surface area (Å²) in [7, 11) is 10.0. The molecule has 4 aromatic carbocycles. The third kappa shape index (κ3) is 21.7. The van der Waals surface area contributed by atoms with Crippen molar-refractivity contribution in [1.29, 1.82) is 0 Å². The van der Waals surface area contributed by atoms with Crippen LogP contribution in [0.2, 0.25) is 0 Å². The van der Waals surface area contributed by atoms with Gasteiger partial charge in [0.2, 0.25) is 0 Å². The van der Waals surface area contributed by atoms with Crippen LogP contribution in [0.3, 0.4) is 0 Å². The molecule has 0 bridgehead atoms. The molecule has 8 fully saturated rings. The summed E-state index contributed by atoms with van der Waals surface area (Å²) in [6.07, 6.45) is 19.4. The van der Waals surface area contributed by atoms with Gasteiger partial charge in [-0.25, -0.2) is 0 Å². The fourth-order valence-electron chi connectivity index (χ4n) is 14.0. The van der Waals surface area contributed by atoms with Crippen molar-refractivity contribution in [3.8, 4) is 11.8 Å². The molecular formula is C82H105N9O19S10. The van der Waals surface area contributed by atoms with Crippen molar-refractivity contribution < 1.29 is 85.4 Å². The van der Waals surface area contributed by atoms with Crippen LogP contribution in [0, 0.1) is 42.7 Å². The van der Waals surface area contributed by atoms with E-state index in [-0.39, 0.29) is 138 Å². The number of nitrogens with zero attached hydrogens (tertiary/aromatic N) is 9. The summed E-state index contributed by atoms with van der Waals surface area (Å²) in [4.78, 5) is 104. The summed E-state index contributed by atoms with van der Waals surface area (Å²) in [6.45, 7) is 9.87. The predicted molar refractivity (Wildman–Crippen MR) is 486 cm³/mol. The van der Waals surface area contributed by atoms with Crippen LogP contribution in [0.25, 0.3) is 0 Å². The molecule has 9 aliphatic rings. The summed E-state index contributed by atoms with van der Waals surface area (Å²) in [5.41, 5.74) is 7.81. The monoisotopic (exact) mass is 1840 g/mol. The van der Waals surface area contributed by atoms with Gasteiger partial charge in [0.05, 0.1) is 11.0 Å². The largest absolute Gasteiger partial charge is 0.369 e. The molecule has 8 amide bonds. The number of hydrogen-bond acceptors (Lipinski definition) is 28. The van der Waals surface area contributed by atoms with Gasteiger partial charge in [-0.1, -0.05) is 204 Å². The highest BCUT2D eigenvalue weighted by Gasteiger charge is 2.55. The molecule has 38 heteroatoms. The SMILES string of the molecule is C/C=C/[C@H]1[C@@H](OC)C(=O)N1SC.C=S1(=O)C=CC=C1[C@H]1[C@@H](OC)C(=O)N1SC.CC#C[C@H]1[C@@H](OC)C(=O)N1SC.CO[C@H]1C(=O)N(SC)[C@H]1c1ccc(C)cc1.CO[C@H]1C(=O)N(SC)[C@H]1c1cccc([N+](=O)[O-])c1.CO[C@H]1C(=O)N(SC)[C@H]1c1ccccc1C.CO[C@H]1C(=O)N(SC)[C@H]1c1ccccc1C.CO[C@H]1C(=O)N(SC)[C@H]1c1cccs1. The zero-order valence-corrected chi connectivity index (χ0v) is 78.8. The zero-order chi connectivity index (χ0) is 88.7. The molecule has 14 rings (SSSR count). The van der Waals surface area contributed by atoms with Crippen LogP contribution in [0.5, 0.6) is 0 Å². The standard InChI is InChI=1S/3C12H15NO2S.C11H12N2O4S.C10H13NO3S2.C9H11NO2S2.C8H13NO2S.C8H11NO2S/c1-8-4-6-9(7-5-8)10-11(15-2)12(14)13(10)16-3;2*1-8-6-4-5-7-9(8)10-11(15-2)12(14)13(10)16-3;1-17-10-9(12(18-2)11(10)14)7-4-3-5-8(6-7)13(15)16;1-14-9-8(11(15-2)10(9)12)7-5-4-6-16(7,3)13;1-12-8-7(6-4-3-5-14-6)10(13-2)9(8)11;2*1-4-5-6-7(11-2)8(10)9(6)12-3/h3*4-7,10-11H,1-3H3;3-6,9-10H,1-2H3;4-6,8-9H,3H2,1-2H3;3-5,7-8H,1-2H3;4-7H,1-3H3;6-7H,1-3H3/b;;;;;;5-4+;/t3*10-,11+;9-,10+;8-,9+,16?;7-,8+;2*6-,7+/m00000000/s1. The predicted octanol–water partition coefficient (Wildman–Crippen LogP) is 12.4. The van der Waals surface area contributed by atoms with Crippen LogP contribution in [0.15, 0.2) is 149 Å². The van der Waals surface area contributed by atoms with E-state index in [2.05, 4.69) is 87.0 Å². The van der Waals surface area contributed by atoms with Gasteiger partial charge in [-0.15, -0.1) is 17.3 Å². The minimum absolute atomic E-state index is 0.0118. The minimum atomic E-state index is -2.36. The lowest BCUT2D eigenvalue weighted by Crippen LogP contribution is -2.63. The van der Waals surface area contributed by atoms with E-state index in [0.29, 0.717) is 10.5 Å². The number of allylic oxidation sites excluding steroid dienone is 3. The number of carbonyl (C=O) groups excluding carboxylic acids is 8. The fourth-order valence-corrected chi connectivity index (χ4v) is 22.3. The van der Waals surface area contributed by atoms with E-state index in [4.69, 9.17) is 37.9 Å². The number of β-lactam (4-membered cyclic amide) rings is 8. The molecule has 0 aliphatic carbocycles. The molecule has 0 saturated carbocycles. The molecule has 5 aromatic rings. The molecular weight excluding hydrogens is 1740 g/mol. The Kier molecular flexibility index (Phi) is 39.4. The maximum absolute atomic E-state index is 12.1. The minimum Gasteiger partial charge on any atom is -0.369 e. The van der Waals surface area contributed by atoms with Crippen molar-refractivity contribution in [3.05, 3.63) is 203 Å². The second-order valence-corrected chi connectivity index (χ2v) is 35.9. The summed E-state index contributed by atoms with van der Waals surface area (Å²) in [6, 6.07) is 34.6. The number of nitro benzene ring substituents is 1. The smallest absolute Gasteiger partial charge is 0.269 e. The lowest BCUT2D eigenvalue weighted by atomic mass is 9.91. The van der Waals surface area contributed by atoms with E-state index in [1.54, 1.807) is 124 Å². The number of thiophene rings is 1. The van der Waals surface area contributed by atoms with Crippen LogP contribution in [-0.4, -0.2) is 271 Å². The fraction of sp³-hybridized carbons (Fsp3) is 0.451. The van der Waals surface area contributed by atoms with Crippen LogP contribution >= 0.6 is 107 Å². The van der Waals surface area contributed by atoms with Crippen LogP contribution in [0.1, 0.15) is 87.9 Å². The average Bonchev–Trinajstić information content (AvgIpc) is 1.11. The van der Waals surface area contributed by atoms with Crippen molar-refractivity contribution in [2.45, 2.75) is 132 Å². The van der Waals surface area contributed by atoms with E-state index in [1.807, 2.05) is 105 Å². The lowest BCUT2D eigenvalue weighted by molar-refractivity contribution is -0.385. The van der Waals surface area contributed by atoms with Gasteiger partial charge < -0.3 is 37.9 Å². The van der Waals surface area contributed by atoms with Crippen molar-refractivity contribution in [1.82, 2.24) is 34.4 Å². The molecule has 17 atom stereocenters. The molecule has 9 aliphatic heterocycles. The second-order valence-electron chi connectivity index (χ2n) is 26.7. The van der Waals surface area contributed by atoms with Crippen molar-refractivity contribution in [3.63, 3.8) is 0 Å². The molecule has 0 spiro atoms. The highest BCUT2D eigenvalue weighted by atomic mass is 32.2. The number of carbonyl (C=O) groups is 8. The van der Waals surface area contributed by atoms with Gasteiger partial charge in [-0.3, -0.25) is 87.1 Å². The first-order chi connectivity index (χ1) is 57.5. The number of benzene rings is 4. The van der Waals surface area contributed by atoms with Gasteiger partial charge in [0.15, 0.2) is 48.8 Å². The Morgan fingerprint density at radius 2 is 0.825 bits per heavy atom. The third-order valence-electron chi connectivity index (χ3n) is 20.3. The van der Waals surface area contributed by atoms with E-state index >= 15 is 0 Å². The molecule has 0 N–H and O–H groups in total. The van der Waals surface area contributed by atoms with Crippen molar-refractivity contribution >= 4 is 175 Å². The Morgan fingerprint density at radius 3 is 1.20 bits per heavy atom. The van der Waals surface area contributed by atoms with E-state index in [1.165, 1.54) is 162 Å². The van der Waals surface area contributed by atoms with Gasteiger partial charge in [-0.2, -0.15) is 0 Å². The summed E-state index contributed by atoms with van der Waals surface area (Å²) in [5.74, 6) is 9.52. The third-order valence-corrected chi connectivity index (χ3v) is 29.4. The second kappa shape index (κ2) is 47.2. The van der Waals surface area contributed by atoms with Gasteiger partial charge in [0.1, 0.15) is 42.3 Å². The Morgan fingerprint density at radius 1 is 0.450 bits per heavy atom. The summed E-state index contributed by atoms with van der Waals surface area (Å²) in [5, 5.41) is 14.3.